The Balaban J connectivity index is 3.03. The number of hydrogen-bond acceptors (Lipinski definition) is 2. The van der Waals surface area contributed by atoms with Gasteiger partial charge in [-0.1, -0.05) is 20.3 Å². The van der Waals surface area contributed by atoms with Gasteiger partial charge in [-0.15, -0.1) is 0 Å². The lowest BCUT2D eigenvalue weighted by atomic mass is 9.78. The van der Waals surface area contributed by atoms with E-state index in [1.807, 2.05) is 27.7 Å². The average Bonchev–Trinajstić information content (AvgIpc) is 2.14. The highest BCUT2D eigenvalue weighted by atomic mass is 16.4. The van der Waals surface area contributed by atoms with E-state index in [1.54, 1.807) is 4.90 Å². The van der Waals surface area contributed by atoms with E-state index in [4.69, 9.17) is 0 Å². The van der Waals surface area contributed by atoms with Gasteiger partial charge in [-0.25, -0.2) is 0 Å². The van der Waals surface area contributed by atoms with E-state index in [-0.39, 0.29) is 23.4 Å². The maximum Gasteiger partial charge on any atom is 0.308 e. The first kappa shape index (κ1) is 15.0. The van der Waals surface area contributed by atoms with Crippen LogP contribution in [0.15, 0.2) is 0 Å². The molecule has 0 aromatic rings. The monoisotopic (exact) mass is 255 g/mol. The van der Waals surface area contributed by atoms with Crippen LogP contribution in [0.3, 0.4) is 0 Å². The fraction of sp³-hybridized carbons (Fsp3) is 0.857. The highest BCUT2D eigenvalue weighted by Crippen LogP contribution is 2.36. The number of carbonyl (C=O) groups is 2. The van der Waals surface area contributed by atoms with E-state index in [0.29, 0.717) is 6.42 Å². The van der Waals surface area contributed by atoms with Gasteiger partial charge in [0, 0.05) is 18.0 Å². The number of carbonyl (C=O) groups excluding carboxylic acids is 1. The molecular weight excluding hydrogens is 230 g/mol. The van der Waals surface area contributed by atoms with Crippen molar-refractivity contribution in [3.05, 3.63) is 0 Å². The van der Waals surface area contributed by atoms with Gasteiger partial charge in [-0.2, -0.15) is 0 Å². The number of likely N-dealkylation sites (tertiary alicyclic amines) is 1. The van der Waals surface area contributed by atoms with Crippen LogP contribution in [0.4, 0.5) is 0 Å². The summed E-state index contributed by atoms with van der Waals surface area (Å²) in [5.41, 5.74) is -0.265. The summed E-state index contributed by atoms with van der Waals surface area (Å²) in [6.07, 6.45) is 2.22. The lowest BCUT2D eigenvalue weighted by Gasteiger charge is -2.49. The maximum absolute atomic E-state index is 12.2. The van der Waals surface area contributed by atoms with Gasteiger partial charge in [0.2, 0.25) is 5.91 Å². The Morgan fingerprint density at radius 1 is 1.44 bits per heavy atom. The minimum absolute atomic E-state index is 0.0846. The first-order valence-electron chi connectivity index (χ1n) is 6.77. The lowest BCUT2D eigenvalue weighted by molar-refractivity contribution is -0.160. The van der Waals surface area contributed by atoms with Gasteiger partial charge >= 0.3 is 5.97 Å². The molecule has 1 aliphatic heterocycles. The molecule has 4 nitrogen and oxygen atoms in total. The number of carboxylic acids is 1. The van der Waals surface area contributed by atoms with Crippen molar-refractivity contribution in [1.82, 2.24) is 4.90 Å². The lowest BCUT2D eigenvalue weighted by Crippen LogP contribution is -2.60. The molecule has 104 valence electrons. The number of rotatable bonds is 4. The predicted molar refractivity (Wildman–Crippen MR) is 70.2 cm³/mol. The van der Waals surface area contributed by atoms with Crippen molar-refractivity contribution in [3.8, 4) is 0 Å². The Morgan fingerprint density at radius 3 is 2.44 bits per heavy atom. The van der Waals surface area contributed by atoms with Crippen LogP contribution in [0.25, 0.3) is 0 Å². The van der Waals surface area contributed by atoms with Crippen LogP contribution in [0, 0.1) is 11.8 Å². The smallest absolute Gasteiger partial charge is 0.308 e. The van der Waals surface area contributed by atoms with E-state index in [1.165, 1.54) is 0 Å². The summed E-state index contributed by atoms with van der Waals surface area (Å²) in [6, 6.07) is -0.236. The molecule has 0 aromatic heterocycles. The molecular formula is C14H25NO3. The van der Waals surface area contributed by atoms with Crippen LogP contribution < -0.4 is 0 Å². The third-order valence-corrected chi connectivity index (χ3v) is 4.10. The van der Waals surface area contributed by atoms with Crippen molar-refractivity contribution in [2.24, 2.45) is 11.8 Å². The normalized spacial score (nSPS) is 29.5. The van der Waals surface area contributed by atoms with Crippen molar-refractivity contribution in [3.63, 3.8) is 0 Å². The number of hydrogen-bond donors (Lipinski definition) is 1. The molecule has 1 heterocycles. The van der Waals surface area contributed by atoms with Crippen molar-refractivity contribution >= 4 is 11.9 Å². The molecule has 3 unspecified atom stereocenters. The molecule has 1 saturated heterocycles. The molecule has 0 saturated carbocycles. The number of aliphatic carboxylic acids is 1. The Kier molecular flexibility index (Phi) is 4.41. The van der Waals surface area contributed by atoms with Gasteiger partial charge in [-0.05, 0) is 33.1 Å². The molecule has 1 aliphatic rings. The Morgan fingerprint density at radius 2 is 2.00 bits per heavy atom. The molecule has 1 amide bonds. The van der Waals surface area contributed by atoms with Crippen LogP contribution in [-0.2, 0) is 9.59 Å². The van der Waals surface area contributed by atoms with Gasteiger partial charge in [0.25, 0.3) is 0 Å². The molecule has 1 rings (SSSR count). The minimum atomic E-state index is -0.792. The molecule has 0 aromatic carbocycles. The fourth-order valence-corrected chi connectivity index (χ4v) is 3.43. The largest absolute Gasteiger partial charge is 0.481 e. The summed E-state index contributed by atoms with van der Waals surface area (Å²) in [7, 11) is 0. The van der Waals surface area contributed by atoms with Gasteiger partial charge in [0.05, 0.1) is 5.92 Å². The molecule has 0 bridgehead atoms. The highest BCUT2D eigenvalue weighted by molar-refractivity contribution is 5.82. The molecule has 0 spiro atoms. The second-order valence-corrected chi connectivity index (χ2v) is 6.11. The Hall–Kier alpha value is -1.06. The van der Waals surface area contributed by atoms with Crippen LogP contribution in [0.1, 0.15) is 53.9 Å². The summed E-state index contributed by atoms with van der Waals surface area (Å²) >= 11 is 0. The van der Waals surface area contributed by atoms with Crippen LogP contribution in [-0.4, -0.2) is 33.5 Å². The van der Waals surface area contributed by atoms with E-state index in [0.717, 1.165) is 12.8 Å². The van der Waals surface area contributed by atoms with E-state index in [9.17, 15) is 14.7 Å². The summed E-state index contributed by atoms with van der Waals surface area (Å²) < 4.78 is 0. The quantitative estimate of drug-likeness (QED) is 0.839. The first-order valence-corrected chi connectivity index (χ1v) is 6.77. The summed E-state index contributed by atoms with van der Waals surface area (Å²) in [6.45, 7) is 9.86. The van der Waals surface area contributed by atoms with Gasteiger partial charge in [-0.3, -0.25) is 9.59 Å². The minimum Gasteiger partial charge on any atom is -0.481 e. The second kappa shape index (κ2) is 5.29. The van der Waals surface area contributed by atoms with Gasteiger partial charge in [0.1, 0.15) is 0 Å². The molecule has 4 heteroatoms. The van der Waals surface area contributed by atoms with Crippen molar-refractivity contribution in [2.45, 2.75) is 65.5 Å². The molecule has 0 aliphatic carbocycles. The zero-order chi connectivity index (χ0) is 14.1. The number of amides is 1. The highest BCUT2D eigenvalue weighted by Gasteiger charge is 2.46. The fourth-order valence-electron chi connectivity index (χ4n) is 3.43. The predicted octanol–water partition coefficient (Wildman–Crippen LogP) is 2.52. The van der Waals surface area contributed by atoms with Gasteiger partial charge < -0.3 is 10.0 Å². The maximum atomic E-state index is 12.2. The molecule has 1 fully saturated rings. The van der Waals surface area contributed by atoms with E-state index >= 15 is 0 Å². The average molecular weight is 255 g/mol. The summed E-state index contributed by atoms with van der Waals surface area (Å²) in [5.74, 6) is -1.25. The standard InChI is InChI=1S/C14H25NO3/c1-6-7-14(4,5)15-10(3)12(13(17)18)9(2)8-11(15)16/h9-10,12H,6-8H2,1-5H3,(H,17,18). The van der Waals surface area contributed by atoms with Crippen molar-refractivity contribution in [1.29, 1.82) is 0 Å². The second-order valence-electron chi connectivity index (χ2n) is 6.11. The SMILES string of the molecule is CCCC(C)(C)N1C(=O)CC(C)C(C(=O)O)C1C. The zero-order valence-electron chi connectivity index (χ0n) is 12.1. The number of piperidine rings is 1. The van der Waals surface area contributed by atoms with Crippen LogP contribution in [0.2, 0.25) is 0 Å². The van der Waals surface area contributed by atoms with E-state index in [2.05, 4.69) is 6.92 Å². The topological polar surface area (TPSA) is 57.6 Å². The Labute approximate surface area is 109 Å². The zero-order valence-corrected chi connectivity index (χ0v) is 12.1. The molecule has 0 radical (unpaired) electrons. The third-order valence-electron chi connectivity index (χ3n) is 4.10. The molecule has 3 atom stereocenters. The summed E-state index contributed by atoms with van der Waals surface area (Å²) in [4.78, 5) is 25.4. The third kappa shape index (κ3) is 2.68. The van der Waals surface area contributed by atoms with Crippen molar-refractivity contribution < 1.29 is 14.7 Å². The van der Waals surface area contributed by atoms with Gasteiger partial charge in [0.15, 0.2) is 0 Å². The van der Waals surface area contributed by atoms with E-state index < -0.39 is 11.9 Å². The number of nitrogens with zero attached hydrogens (tertiary/aromatic N) is 1. The van der Waals surface area contributed by atoms with Crippen LogP contribution in [0.5, 0.6) is 0 Å². The first-order chi connectivity index (χ1) is 8.22. The number of carboxylic acid groups (broad SMARTS) is 1. The molecule has 18 heavy (non-hydrogen) atoms. The Bertz CT molecular complexity index is 338. The van der Waals surface area contributed by atoms with Crippen LogP contribution >= 0.6 is 0 Å². The molecule has 1 N–H and O–H groups in total. The van der Waals surface area contributed by atoms with Crippen molar-refractivity contribution in [2.75, 3.05) is 0 Å². The summed E-state index contributed by atoms with van der Waals surface area (Å²) in [5, 5.41) is 9.34.